The fourth-order valence-corrected chi connectivity index (χ4v) is 13.2. The molecule has 4 heteroatoms. The summed E-state index contributed by atoms with van der Waals surface area (Å²) in [5.41, 5.74) is 22.7. The number of ether oxygens (including phenoxy) is 2. The van der Waals surface area contributed by atoms with Crippen molar-refractivity contribution in [3.8, 4) is 62.1 Å². The van der Waals surface area contributed by atoms with Crippen molar-refractivity contribution in [1.29, 1.82) is 0 Å². The van der Waals surface area contributed by atoms with Gasteiger partial charge in [0.1, 0.15) is 0 Å². The number of para-hydroxylation sites is 3. The molecular weight excluding hydrogens is 877 g/mol. The summed E-state index contributed by atoms with van der Waals surface area (Å²) in [4.78, 5) is 2.36. The topological polar surface area (TPSA) is 26.6 Å². The fourth-order valence-electron chi connectivity index (χ4n) is 13.2. The van der Waals surface area contributed by atoms with E-state index < -0.39 is 5.41 Å². The summed E-state index contributed by atoms with van der Waals surface area (Å²) in [5, 5.41) is 2.47. The zero-order valence-electron chi connectivity index (χ0n) is 39.2. The molecule has 4 nitrogen and oxygen atoms in total. The highest BCUT2D eigenvalue weighted by molar-refractivity contribution is 6.09. The van der Waals surface area contributed by atoms with Crippen LogP contribution in [0.1, 0.15) is 51.3 Å². The Morgan fingerprint density at radius 1 is 0.472 bits per heavy atom. The Morgan fingerprint density at radius 2 is 1.10 bits per heavy atom. The number of nitrogens with zero attached hydrogens (tertiary/aromatic N) is 2. The van der Waals surface area contributed by atoms with Gasteiger partial charge in [-0.25, -0.2) is 0 Å². The van der Waals surface area contributed by atoms with E-state index in [0.29, 0.717) is 17.2 Å². The van der Waals surface area contributed by atoms with Crippen LogP contribution in [0.5, 0.6) is 23.0 Å². The van der Waals surface area contributed by atoms with Crippen molar-refractivity contribution in [2.75, 3.05) is 4.90 Å². The Morgan fingerprint density at radius 3 is 1.85 bits per heavy atom. The first kappa shape index (κ1) is 39.7. The highest BCUT2D eigenvalue weighted by Crippen LogP contribution is 2.67. The molecule has 1 spiro atoms. The van der Waals surface area contributed by atoms with Crippen molar-refractivity contribution in [3.63, 3.8) is 0 Å². The molecule has 1 aliphatic heterocycles. The van der Waals surface area contributed by atoms with Crippen LogP contribution in [0.3, 0.4) is 0 Å². The smallest absolute Gasteiger partial charge is 0.194 e. The van der Waals surface area contributed by atoms with Gasteiger partial charge in [0.05, 0.1) is 22.1 Å². The highest BCUT2D eigenvalue weighted by Gasteiger charge is 2.53. The quantitative estimate of drug-likeness (QED) is 0.172. The lowest BCUT2D eigenvalue weighted by Crippen LogP contribution is -2.25. The van der Waals surface area contributed by atoms with Gasteiger partial charge in [-0.3, -0.25) is 0 Å². The molecule has 0 amide bonds. The minimum absolute atomic E-state index is 0.237. The van der Waals surface area contributed by atoms with Crippen LogP contribution in [0, 0.1) is 0 Å². The molecular formula is C68H44N2O2. The van der Waals surface area contributed by atoms with Gasteiger partial charge in [0.15, 0.2) is 23.0 Å². The van der Waals surface area contributed by atoms with E-state index in [2.05, 4.69) is 246 Å². The molecule has 0 saturated heterocycles. The van der Waals surface area contributed by atoms with Gasteiger partial charge in [-0.2, -0.15) is 0 Å². The third-order valence-corrected chi connectivity index (χ3v) is 16.2. The average Bonchev–Trinajstić information content (AvgIpc) is 4.17. The van der Waals surface area contributed by atoms with E-state index in [4.69, 9.17) is 9.47 Å². The number of fused-ring (bicyclic) bond motifs is 19. The number of rotatable bonds is 5. The maximum atomic E-state index is 7.29. The van der Waals surface area contributed by atoms with Crippen LogP contribution in [0.15, 0.2) is 242 Å². The van der Waals surface area contributed by atoms with E-state index in [9.17, 15) is 0 Å². The second kappa shape index (κ2) is 14.9. The molecule has 1 unspecified atom stereocenters. The second-order valence-electron chi connectivity index (χ2n) is 19.8. The summed E-state index contributed by atoms with van der Waals surface area (Å²) in [6.45, 7) is 0. The number of hydrogen-bond acceptors (Lipinski definition) is 3. The van der Waals surface area contributed by atoms with Crippen LogP contribution in [-0.4, -0.2) is 4.57 Å². The molecule has 0 bridgehead atoms. The highest BCUT2D eigenvalue weighted by atomic mass is 16.6. The van der Waals surface area contributed by atoms with Crippen LogP contribution < -0.4 is 14.4 Å². The predicted molar refractivity (Wildman–Crippen MR) is 292 cm³/mol. The van der Waals surface area contributed by atoms with Crippen molar-refractivity contribution in [2.45, 2.75) is 24.2 Å². The molecule has 1 aromatic heterocycles. The van der Waals surface area contributed by atoms with Crippen molar-refractivity contribution >= 4 is 33.2 Å². The molecule has 5 aliphatic rings. The van der Waals surface area contributed by atoms with Crippen LogP contribution in [0.25, 0.3) is 60.9 Å². The third kappa shape index (κ3) is 5.41. The number of hydrogen-bond donors (Lipinski definition) is 0. The summed E-state index contributed by atoms with van der Waals surface area (Å²) >= 11 is 0. The summed E-state index contributed by atoms with van der Waals surface area (Å²) < 4.78 is 17.0. The average molecular weight is 921 g/mol. The first-order valence-electron chi connectivity index (χ1n) is 25.1. The largest absolute Gasteiger partial charge is 0.449 e. The molecule has 0 radical (unpaired) electrons. The molecule has 11 aromatic rings. The summed E-state index contributed by atoms with van der Waals surface area (Å²) in [7, 11) is 0. The Bertz CT molecular complexity index is 4110. The summed E-state index contributed by atoms with van der Waals surface area (Å²) in [5.74, 6) is 3.05. The van der Waals surface area contributed by atoms with Crippen LogP contribution in [0.4, 0.5) is 11.4 Å². The van der Waals surface area contributed by atoms with Gasteiger partial charge in [0.25, 0.3) is 0 Å². The van der Waals surface area contributed by atoms with Crippen LogP contribution in [0.2, 0.25) is 0 Å². The Hall–Kier alpha value is -9.12. The Balaban J connectivity index is 0.837. The van der Waals surface area contributed by atoms with Gasteiger partial charge in [-0.1, -0.05) is 182 Å². The van der Waals surface area contributed by atoms with E-state index in [1.807, 2.05) is 0 Å². The van der Waals surface area contributed by atoms with E-state index in [0.717, 1.165) is 46.9 Å². The maximum Gasteiger partial charge on any atom is 0.194 e. The lowest BCUT2D eigenvalue weighted by Gasteiger charge is -2.33. The number of anilines is 2. The minimum Gasteiger partial charge on any atom is -0.449 e. The van der Waals surface area contributed by atoms with Crippen molar-refractivity contribution in [3.05, 3.63) is 281 Å². The van der Waals surface area contributed by atoms with Gasteiger partial charge in [-0.15, -0.1) is 0 Å². The maximum absolute atomic E-state index is 7.29. The molecule has 1 atom stereocenters. The van der Waals surface area contributed by atoms with E-state index in [-0.39, 0.29) is 5.92 Å². The van der Waals surface area contributed by atoms with Crippen LogP contribution in [-0.2, 0) is 11.8 Å². The standard InChI is InChI=1S/C68H44N2O2/c1-2-18-49-44(15-1)39-45-32-31-43(40-55(45)49)42-33-35-46(36-34-42)69(47-16-13-17-48(41-47)70-60-27-11-6-21-52(60)53-22-7-12-28-61(53)70)62-29-14-30-63-66(62)71-64-38-37-59-65(67(64)72-63)54-23-5-10-26-58(54)68(59)56-24-8-3-19-50(56)51-20-4-9-25-57(51)68/h1-33,35-38,40-42H,34,39H2. The van der Waals surface area contributed by atoms with Crippen molar-refractivity contribution in [1.82, 2.24) is 4.57 Å². The Kier molecular flexibility index (Phi) is 8.24. The zero-order valence-corrected chi connectivity index (χ0v) is 39.2. The molecule has 16 rings (SSSR count). The Labute approximate surface area is 417 Å². The summed E-state index contributed by atoms with van der Waals surface area (Å²) in [6.07, 6.45) is 8.94. The third-order valence-electron chi connectivity index (χ3n) is 16.2. The normalized spacial score (nSPS) is 15.6. The first-order valence-corrected chi connectivity index (χ1v) is 25.1. The summed E-state index contributed by atoms with van der Waals surface area (Å²) in [6, 6.07) is 79.8. The molecule has 0 fully saturated rings. The predicted octanol–water partition coefficient (Wildman–Crippen LogP) is 17.4. The molecule has 338 valence electrons. The zero-order chi connectivity index (χ0) is 47.1. The molecule has 0 N–H and O–H groups in total. The molecule has 0 saturated carbocycles. The van der Waals surface area contributed by atoms with Crippen molar-refractivity contribution < 1.29 is 9.47 Å². The van der Waals surface area contributed by atoms with Gasteiger partial charge >= 0.3 is 0 Å². The van der Waals surface area contributed by atoms with Crippen LogP contribution >= 0.6 is 0 Å². The van der Waals surface area contributed by atoms with Crippen molar-refractivity contribution in [2.24, 2.45) is 0 Å². The van der Waals surface area contributed by atoms with Gasteiger partial charge < -0.3 is 18.9 Å². The van der Waals surface area contributed by atoms with Gasteiger partial charge in [0, 0.05) is 39.3 Å². The monoisotopic (exact) mass is 920 g/mol. The lowest BCUT2D eigenvalue weighted by atomic mass is 9.70. The number of aromatic nitrogens is 1. The first-order chi connectivity index (χ1) is 35.7. The van der Waals surface area contributed by atoms with Gasteiger partial charge in [-0.05, 0) is 134 Å². The number of benzene rings is 10. The molecule has 4 aliphatic carbocycles. The number of allylic oxidation sites excluding steroid dienone is 3. The second-order valence-corrected chi connectivity index (χ2v) is 19.8. The van der Waals surface area contributed by atoms with E-state index in [1.165, 1.54) is 88.6 Å². The molecule has 10 aromatic carbocycles. The SMILES string of the molecule is C1=CC(c2ccc3c(c2)-c2ccccc2C3)CC=C1N(c1cccc(-n2c3ccccc3c3ccccc32)c1)c1cccc2c1Oc1ccc3c(c1O2)-c1ccccc1C31c2ccccc2-c2ccccc21. The fraction of sp³-hybridized carbons (Fsp3) is 0.0588. The van der Waals surface area contributed by atoms with E-state index >= 15 is 0 Å². The van der Waals surface area contributed by atoms with E-state index in [1.54, 1.807) is 0 Å². The minimum atomic E-state index is -0.486. The van der Waals surface area contributed by atoms with Gasteiger partial charge in [0.2, 0.25) is 0 Å². The lowest BCUT2D eigenvalue weighted by molar-refractivity contribution is 0.361. The molecule has 72 heavy (non-hydrogen) atoms. The molecule has 2 heterocycles.